The van der Waals surface area contributed by atoms with Crippen LogP contribution in [0.3, 0.4) is 0 Å². The molecule has 2 rings (SSSR count). The maximum atomic E-state index is 12.9. The van der Waals surface area contributed by atoms with Gasteiger partial charge in [-0.15, -0.1) is 0 Å². The minimum atomic E-state index is -3.54. The first kappa shape index (κ1) is 27.5. The van der Waals surface area contributed by atoms with Crippen LogP contribution in [0.4, 0.5) is 0 Å². The summed E-state index contributed by atoms with van der Waals surface area (Å²) in [7, 11) is -0.999. The number of rotatable bonds is 14. The largest absolute Gasteiger partial charge is 0.469 e. The Kier molecular flexibility index (Phi) is 9.67. The van der Waals surface area contributed by atoms with Gasteiger partial charge in [0.15, 0.2) is 15.6 Å². The standard InChI is InChI=1S/C24H33BrO7S/c1-23(20(26)15-25,19-7-4-6-18(14-19)8-9-21(27)31-2)10-5-11-24(12-13-24)17-33(29,30)16-22(28)32-3/h4,6-7,14H,5,8-13,15-17H2,1-3H3. The number of sulfone groups is 1. The molecule has 1 aliphatic rings. The van der Waals surface area contributed by atoms with Gasteiger partial charge in [-0.25, -0.2) is 8.42 Å². The molecule has 9 heteroatoms. The van der Waals surface area contributed by atoms with Crippen LogP contribution in [0.25, 0.3) is 0 Å². The third-order valence-electron chi connectivity index (χ3n) is 6.58. The first-order valence-electron chi connectivity index (χ1n) is 11.0. The van der Waals surface area contributed by atoms with Crippen molar-refractivity contribution >= 4 is 43.5 Å². The first-order chi connectivity index (χ1) is 15.5. The molecule has 1 aromatic rings. The molecule has 0 N–H and O–H groups in total. The molecular weight excluding hydrogens is 512 g/mol. The Morgan fingerprint density at radius 2 is 1.79 bits per heavy atom. The normalized spacial score (nSPS) is 16.5. The maximum Gasteiger partial charge on any atom is 0.320 e. The number of methoxy groups -OCH3 is 2. The smallest absolute Gasteiger partial charge is 0.320 e. The molecule has 1 aliphatic carbocycles. The van der Waals surface area contributed by atoms with Gasteiger partial charge in [0.05, 0.1) is 30.7 Å². The number of alkyl halides is 1. The fourth-order valence-electron chi connectivity index (χ4n) is 4.23. The zero-order valence-electron chi connectivity index (χ0n) is 19.5. The lowest BCUT2D eigenvalue weighted by Crippen LogP contribution is -2.34. The van der Waals surface area contributed by atoms with E-state index in [0.29, 0.717) is 25.7 Å². The van der Waals surface area contributed by atoms with Crippen LogP contribution in [0.2, 0.25) is 0 Å². The van der Waals surface area contributed by atoms with Crippen molar-refractivity contribution < 1.29 is 32.3 Å². The molecule has 0 aliphatic heterocycles. The third kappa shape index (κ3) is 7.91. The summed E-state index contributed by atoms with van der Waals surface area (Å²) in [6.45, 7) is 1.92. The molecule has 0 bridgehead atoms. The maximum absolute atomic E-state index is 12.9. The molecule has 1 saturated carbocycles. The zero-order chi connectivity index (χ0) is 24.7. The van der Waals surface area contributed by atoms with Crippen molar-refractivity contribution in [3.05, 3.63) is 35.4 Å². The Morgan fingerprint density at radius 1 is 1.12 bits per heavy atom. The number of carbonyl (C=O) groups is 3. The molecule has 1 unspecified atom stereocenters. The lowest BCUT2D eigenvalue weighted by Gasteiger charge is -2.29. The second-order valence-electron chi connectivity index (χ2n) is 9.13. The van der Waals surface area contributed by atoms with E-state index >= 15 is 0 Å². The van der Waals surface area contributed by atoms with E-state index in [-0.39, 0.29) is 34.7 Å². The van der Waals surface area contributed by atoms with Crippen LogP contribution in [0.5, 0.6) is 0 Å². The van der Waals surface area contributed by atoms with Gasteiger partial charge in [0.25, 0.3) is 0 Å². The number of halogens is 1. The highest BCUT2D eigenvalue weighted by Gasteiger charge is 2.46. The van der Waals surface area contributed by atoms with Crippen LogP contribution in [-0.4, -0.2) is 57.2 Å². The van der Waals surface area contributed by atoms with E-state index < -0.39 is 27.0 Å². The van der Waals surface area contributed by atoms with Crippen molar-refractivity contribution in [2.24, 2.45) is 5.41 Å². The SMILES string of the molecule is COC(=O)CCc1cccc(C(C)(CCCC2(CS(=O)(=O)CC(=O)OC)CC2)C(=O)CBr)c1. The Morgan fingerprint density at radius 3 is 2.36 bits per heavy atom. The summed E-state index contributed by atoms with van der Waals surface area (Å²) in [6, 6.07) is 7.72. The summed E-state index contributed by atoms with van der Waals surface area (Å²) in [5.41, 5.74) is 0.802. The summed E-state index contributed by atoms with van der Waals surface area (Å²) < 4.78 is 33.9. The van der Waals surface area contributed by atoms with Gasteiger partial charge < -0.3 is 9.47 Å². The van der Waals surface area contributed by atoms with E-state index in [1.165, 1.54) is 14.2 Å². The second-order valence-corrected chi connectivity index (χ2v) is 11.8. The zero-order valence-corrected chi connectivity index (χ0v) is 21.9. The molecule has 1 aromatic carbocycles. The number of ether oxygens (including phenoxy) is 2. The molecule has 7 nitrogen and oxygen atoms in total. The summed E-state index contributed by atoms with van der Waals surface area (Å²) in [5, 5.41) is 0.217. The highest BCUT2D eigenvalue weighted by atomic mass is 79.9. The van der Waals surface area contributed by atoms with Gasteiger partial charge in [-0.1, -0.05) is 46.6 Å². The topological polar surface area (TPSA) is 104 Å². The van der Waals surface area contributed by atoms with Crippen LogP contribution in [0, 0.1) is 5.41 Å². The highest BCUT2D eigenvalue weighted by Crippen LogP contribution is 2.51. The van der Waals surface area contributed by atoms with Crippen molar-refractivity contribution in [2.45, 2.75) is 57.3 Å². The minimum Gasteiger partial charge on any atom is -0.469 e. The summed E-state index contributed by atoms with van der Waals surface area (Å²) in [6.07, 6.45) is 4.36. The fraction of sp³-hybridized carbons (Fsp3) is 0.625. The molecular formula is C24H33BrO7S. The van der Waals surface area contributed by atoms with Crippen molar-refractivity contribution in [2.75, 3.05) is 31.1 Å². The Bertz CT molecular complexity index is 969. The number of Topliss-reactive ketones (excluding diaryl/α,β-unsaturated/α-hetero) is 1. The van der Waals surface area contributed by atoms with E-state index in [9.17, 15) is 22.8 Å². The summed E-state index contributed by atoms with van der Waals surface area (Å²) in [5.74, 6) is -1.59. The predicted octanol–water partition coefficient (Wildman–Crippen LogP) is 3.55. The molecule has 0 aromatic heterocycles. The van der Waals surface area contributed by atoms with Crippen molar-refractivity contribution in [3.63, 3.8) is 0 Å². The Hall–Kier alpha value is -1.74. The van der Waals surface area contributed by atoms with Gasteiger partial charge in [0.1, 0.15) is 5.75 Å². The highest BCUT2D eigenvalue weighted by molar-refractivity contribution is 9.09. The Balaban J connectivity index is 2.08. The van der Waals surface area contributed by atoms with Gasteiger partial charge in [0, 0.05) is 6.42 Å². The van der Waals surface area contributed by atoms with Crippen molar-refractivity contribution in [3.8, 4) is 0 Å². The number of aryl methyl sites for hydroxylation is 1. The molecule has 0 heterocycles. The van der Waals surface area contributed by atoms with Crippen LogP contribution < -0.4 is 0 Å². The first-order valence-corrected chi connectivity index (χ1v) is 14.0. The minimum absolute atomic E-state index is 0.0266. The van der Waals surface area contributed by atoms with Crippen molar-refractivity contribution in [1.82, 2.24) is 0 Å². The van der Waals surface area contributed by atoms with E-state index in [1.54, 1.807) is 0 Å². The number of ketones is 1. The van der Waals surface area contributed by atoms with E-state index in [4.69, 9.17) is 4.74 Å². The number of hydrogen-bond acceptors (Lipinski definition) is 7. The summed E-state index contributed by atoms with van der Waals surface area (Å²) in [4.78, 5) is 35.8. The fourth-order valence-corrected chi connectivity index (χ4v) is 6.79. The second kappa shape index (κ2) is 11.6. The van der Waals surface area contributed by atoms with Gasteiger partial charge in [-0.3, -0.25) is 14.4 Å². The van der Waals surface area contributed by atoms with Gasteiger partial charge in [-0.05, 0) is 55.6 Å². The number of esters is 2. The average molecular weight is 545 g/mol. The molecule has 0 radical (unpaired) electrons. The number of hydrogen-bond donors (Lipinski definition) is 0. The van der Waals surface area contributed by atoms with Gasteiger partial charge >= 0.3 is 11.9 Å². The molecule has 1 atom stereocenters. The van der Waals surface area contributed by atoms with Crippen LogP contribution >= 0.6 is 15.9 Å². The molecule has 0 saturated heterocycles. The van der Waals surface area contributed by atoms with E-state index in [2.05, 4.69) is 20.7 Å². The molecule has 33 heavy (non-hydrogen) atoms. The molecule has 184 valence electrons. The average Bonchev–Trinajstić information content (AvgIpc) is 3.54. The van der Waals surface area contributed by atoms with Crippen LogP contribution in [0.15, 0.2) is 24.3 Å². The monoisotopic (exact) mass is 544 g/mol. The third-order valence-corrected chi connectivity index (χ3v) is 8.82. The predicted molar refractivity (Wildman–Crippen MR) is 129 cm³/mol. The van der Waals surface area contributed by atoms with Crippen molar-refractivity contribution in [1.29, 1.82) is 0 Å². The summed E-state index contributed by atoms with van der Waals surface area (Å²) >= 11 is 3.30. The van der Waals surface area contributed by atoms with Gasteiger partial charge in [0.2, 0.25) is 0 Å². The lowest BCUT2D eigenvalue weighted by molar-refractivity contribution is -0.140. The quantitative estimate of drug-likeness (QED) is 0.260. The molecule has 0 amide bonds. The van der Waals surface area contributed by atoms with Crippen LogP contribution in [0.1, 0.15) is 56.6 Å². The number of carbonyl (C=O) groups excluding carboxylic acids is 3. The van der Waals surface area contributed by atoms with E-state index in [0.717, 1.165) is 24.0 Å². The molecule has 0 spiro atoms. The van der Waals surface area contributed by atoms with Gasteiger partial charge in [-0.2, -0.15) is 0 Å². The lowest BCUT2D eigenvalue weighted by atomic mass is 9.74. The van der Waals surface area contributed by atoms with Crippen LogP contribution in [-0.2, 0) is 45.5 Å². The number of benzene rings is 1. The van der Waals surface area contributed by atoms with E-state index in [1.807, 2.05) is 31.2 Å². The molecule has 1 fully saturated rings. The Labute approximate surface area is 204 Å².